The van der Waals surface area contributed by atoms with E-state index in [0.717, 1.165) is 10.5 Å². The molecule has 0 atom stereocenters. The van der Waals surface area contributed by atoms with Crippen LogP contribution in [0, 0.1) is 0 Å². The van der Waals surface area contributed by atoms with Crippen molar-refractivity contribution in [1.29, 1.82) is 0 Å². The first-order valence-electron chi connectivity index (χ1n) is 10.0. The Labute approximate surface area is 185 Å². The maximum absolute atomic E-state index is 13.6. The smallest absolute Gasteiger partial charge is 0.280 e. The topological polar surface area (TPSA) is 96.9 Å². The molecule has 0 saturated heterocycles. The van der Waals surface area contributed by atoms with Crippen LogP contribution in [-0.4, -0.2) is 43.8 Å². The van der Waals surface area contributed by atoms with Crippen LogP contribution in [0.15, 0.2) is 65.7 Å². The number of amides is 2. The van der Waals surface area contributed by atoms with Crippen LogP contribution in [0.25, 0.3) is 0 Å². The van der Waals surface area contributed by atoms with Crippen LogP contribution in [0.3, 0.4) is 0 Å². The van der Waals surface area contributed by atoms with Crippen LogP contribution in [-0.2, 0) is 23.0 Å². The largest absolute Gasteiger partial charge is 0.495 e. The molecule has 2 aromatic carbocycles. The number of hydrogen-bond acceptors (Lipinski definition) is 6. The van der Waals surface area contributed by atoms with Crippen molar-refractivity contribution in [1.82, 2.24) is 9.88 Å². The number of ether oxygens (including phenoxy) is 1. The lowest BCUT2D eigenvalue weighted by Crippen LogP contribution is -2.31. The second-order valence-electron chi connectivity index (χ2n) is 7.54. The highest BCUT2D eigenvalue weighted by Gasteiger charge is 2.37. The molecule has 8 nitrogen and oxygen atoms in total. The highest BCUT2D eigenvalue weighted by Crippen LogP contribution is 2.36. The average molecular weight is 449 g/mol. The van der Waals surface area contributed by atoms with Crippen molar-refractivity contribution < 1.29 is 22.7 Å². The van der Waals surface area contributed by atoms with Crippen LogP contribution >= 0.6 is 0 Å². The van der Waals surface area contributed by atoms with E-state index < -0.39 is 21.8 Å². The Kier molecular flexibility index (Phi) is 4.70. The molecule has 3 aromatic rings. The Morgan fingerprint density at radius 1 is 1.03 bits per heavy atom. The van der Waals surface area contributed by atoms with Gasteiger partial charge >= 0.3 is 0 Å². The first-order chi connectivity index (χ1) is 15.4. The molecular weight excluding hydrogens is 430 g/mol. The van der Waals surface area contributed by atoms with E-state index in [1.54, 1.807) is 36.4 Å². The van der Waals surface area contributed by atoms with Gasteiger partial charge < -0.3 is 4.74 Å². The molecule has 0 aliphatic carbocycles. The molecule has 0 saturated carbocycles. The molecule has 162 valence electrons. The lowest BCUT2D eigenvalue weighted by molar-refractivity contribution is 0.0640. The first-order valence-corrected chi connectivity index (χ1v) is 11.4. The minimum atomic E-state index is -3.92. The summed E-state index contributed by atoms with van der Waals surface area (Å²) in [7, 11) is -2.52. The third-order valence-electron chi connectivity index (χ3n) is 5.71. The molecule has 0 spiro atoms. The minimum Gasteiger partial charge on any atom is -0.495 e. The van der Waals surface area contributed by atoms with Gasteiger partial charge in [0.1, 0.15) is 16.3 Å². The Morgan fingerprint density at radius 3 is 2.62 bits per heavy atom. The van der Waals surface area contributed by atoms with Crippen molar-refractivity contribution in [3.8, 4) is 5.75 Å². The maximum atomic E-state index is 13.6. The van der Waals surface area contributed by atoms with E-state index in [1.165, 1.54) is 23.7 Å². The molecule has 9 heteroatoms. The van der Waals surface area contributed by atoms with Crippen molar-refractivity contribution in [3.05, 3.63) is 83.2 Å². The van der Waals surface area contributed by atoms with E-state index >= 15 is 0 Å². The van der Waals surface area contributed by atoms with Gasteiger partial charge in [0.2, 0.25) is 0 Å². The van der Waals surface area contributed by atoms with Crippen molar-refractivity contribution in [2.75, 3.05) is 18.0 Å². The Balaban J connectivity index is 1.51. The van der Waals surface area contributed by atoms with Gasteiger partial charge in [0.05, 0.1) is 24.9 Å². The van der Waals surface area contributed by atoms with Gasteiger partial charge in [-0.05, 0) is 47.9 Å². The molecule has 32 heavy (non-hydrogen) atoms. The number of benzene rings is 2. The normalized spacial score (nSPS) is 15.2. The van der Waals surface area contributed by atoms with Crippen LogP contribution in [0.5, 0.6) is 5.75 Å². The predicted octanol–water partition coefficient (Wildman–Crippen LogP) is 2.64. The third kappa shape index (κ3) is 3.04. The standard InChI is InChI=1S/C23H19N3O5S/c1-31-19-9-8-15(14-25-22(27)17-6-4-11-24-21(17)23(25)28)13-20(19)32(29,30)26-12-10-16-5-2-3-7-18(16)26/h2-9,11,13H,10,12,14H2,1H3. The summed E-state index contributed by atoms with van der Waals surface area (Å²) in [6.07, 6.45) is 2.08. The van der Waals surface area contributed by atoms with Gasteiger partial charge in [0.15, 0.2) is 0 Å². The zero-order chi connectivity index (χ0) is 22.5. The van der Waals surface area contributed by atoms with Crippen LogP contribution in [0.2, 0.25) is 0 Å². The number of rotatable bonds is 5. The molecule has 0 unspecified atom stereocenters. The van der Waals surface area contributed by atoms with E-state index in [-0.39, 0.29) is 28.4 Å². The fourth-order valence-corrected chi connectivity index (χ4v) is 5.85. The van der Waals surface area contributed by atoms with Crippen LogP contribution < -0.4 is 9.04 Å². The predicted molar refractivity (Wildman–Crippen MR) is 116 cm³/mol. The van der Waals surface area contributed by atoms with Gasteiger partial charge in [-0.1, -0.05) is 24.3 Å². The Hall–Kier alpha value is -3.72. The average Bonchev–Trinajstić information content (AvgIpc) is 3.35. The van der Waals surface area contributed by atoms with Crippen molar-refractivity contribution in [2.24, 2.45) is 0 Å². The number of hydrogen-bond donors (Lipinski definition) is 0. The summed E-state index contributed by atoms with van der Waals surface area (Å²) in [5.74, 6) is -0.756. The van der Waals surface area contributed by atoms with Crippen molar-refractivity contribution in [2.45, 2.75) is 17.9 Å². The Bertz CT molecular complexity index is 1330. The molecule has 0 bridgehead atoms. The molecular formula is C23H19N3O5S. The van der Waals surface area contributed by atoms with Gasteiger partial charge in [-0.15, -0.1) is 0 Å². The summed E-state index contributed by atoms with van der Waals surface area (Å²) < 4.78 is 33.8. The molecule has 5 rings (SSSR count). The lowest BCUT2D eigenvalue weighted by Gasteiger charge is -2.22. The Morgan fingerprint density at radius 2 is 1.84 bits per heavy atom. The maximum Gasteiger partial charge on any atom is 0.280 e. The summed E-state index contributed by atoms with van der Waals surface area (Å²) in [4.78, 5) is 30.4. The number of aromatic nitrogens is 1. The summed E-state index contributed by atoms with van der Waals surface area (Å²) in [6.45, 7) is 0.260. The summed E-state index contributed by atoms with van der Waals surface area (Å²) in [5.41, 5.74) is 2.45. The van der Waals surface area contributed by atoms with Crippen molar-refractivity contribution in [3.63, 3.8) is 0 Å². The summed E-state index contributed by atoms with van der Waals surface area (Å²) in [5, 5.41) is 0. The highest BCUT2D eigenvalue weighted by molar-refractivity contribution is 7.93. The number of carbonyl (C=O) groups excluding carboxylic acids is 2. The number of methoxy groups -OCH3 is 1. The molecule has 1 aromatic heterocycles. The van der Waals surface area contributed by atoms with Gasteiger partial charge in [0.25, 0.3) is 21.8 Å². The SMILES string of the molecule is COc1ccc(CN2C(=O)c3cccnc3C2=O)cc1S(=O)(=O)N1CCc2ccccc21. The highest BCUT2D eigenvalue weighted by atomic mass is 32.2. The van der Waals surface area contributed by atoms with Crippen LogP contribution in [0.1, 0.15) is 32.0 Å². The van der Waals surface area contributed by atoms with Gasteiger partial charge in [0, 0.05) is 12.7 Å². The fourth-order valence-electron chi connectivity index (χ4n) is 4.14. The molecule has 2 aliphatic rings. The van der Waals surface area contributed by atoms with E-state index in [2.05, 4.69) is 4.98 Å². The quantitative estimate of drug-likeness (QED) is 0.556. The van der Waals surface area contributed by atoms with Gasteiger partial charge in [-0.3, -0.25) is 23.8 Å². The zero-order valence-electron chi connectivity index (χ0n) is 17.2. The van der Waals surface area contributed by atoms with Gasteiger partial charge in [-0.25, -0.2) is 8.42 Å². The molecule has 2 aliphatic heterocycles. The number of para-hydroxylation sites is 1. The molecule has 2 amide bonds. The lowest BCUT2D eigenvalue weighted by atomic mass is 10.2. The molecule has 0 radical (unpaired) electrons. The fraction of sp³-hybridized carbons (Fsp3) is 0.174. The molecule has 0 fully saturated rings. The van der Waals surface area contributed by atoms with Crippen molar-refractivity contribution >= 4 is 27.5 Å². The zero-order valence-corrected chi connectivity index (χ0v) is 18.0. The van der Waals surface area contributed by atoms with E-state index in [1.807, 2.05) is 12.1 Å². The van der Waals surface area contributed by atoms with E-state index in [0.29, 0.717) is 24.2 Å². The second kappa shape index (κ2) is 7.45. The van der Waals surface area contributed by atoms with E-state index in [4.69, 9.17) is 4.74 Å². The monoisotopic (exact) mass is 449 g/mol. The number of anilines is 1. The summed E-state index contributed by atoms with van der Waals surface area (Å²) in [6, 6.07) is 15.2. The number of sulfonamides is 1. The number of pyridine rings is 1. The van der Waals surface area contributed by atoms with Crippen LogP contribution in [0.4, 0.5) is 5.69 Å². The second-order valence-corrected chi connectivity index (χ2v) is 9.37. The minimum absolute atomic E-state index is 0.0102. The third-order valence-corrected chi connectivity index (χ3v) is 7.55. The molecule has 3 heterocycles. The number of carbonyl (C=O) groups is 2. The number of imide groups is 1. The number of fused-ring (bicyclic) bond motifs is 2. The summed E-state index contributed by atoms with van der Waals surface area (Å²) >= 11 is 0. The molecule has 0 N–H and O–H groups in total. The first kappa shape index (κ1) is 20.2. The number of nitrogens with zero attached hydrogens (tertiary/aromatic N) is 3. The van der Waals surface area contributed by atoms with Gasteiger partial charge in [-0.2, -0.15) is 0 Å². The van der Waals surface area contributed by atoms with E-state index in [9.17, 15) is 18.0 Å².